The van der Waals surface area contributed by atoms with E-state index >= 15 is 0 Å². The molecule has 1 atom stereocenters. The van der Waals surface area contributed by atoms with Crippen LogP contribution in [0.25, 0.3) is 0 Å². The minimum absolute atomic E-state index is 0.221. The van der Waals surface area contributed by atoms with Gasteiger partial charge in [-0.1, -0.05) is 13.3 Å². The molecule has 0 bridgehead atoms. The third-order valence-corrected chi connectivity index (χ3v) is 5.63. The zero-order chi connectivity index (χ0) is 12.9. The molecule has 0 spiro atoms. The maximum Gasteiger partial charge on any atom is 0.222 e. The molecule has 17 heavy (non-hydrogen) atoms. The monoisotopic (exact) mass is 279 g/mol. The number of carbonyl (C=O) groups is 1. The number of nitrogens with zero attached hydrogens (tertiary/aromatic N) is 1. The van der Waals surface area contributed by atoms with Crippen molar-refractivity contribution in [3.8, 4) is 0 Å². The van der Waals surface area contributed by atoms with E-state index in [9.17, 15) is 13.2 Å². The van der Waals surface area contributed by atoms with Crippen molar-refractivity contribution < 1.29 is 13.2 Å². The summed E-state index contributed by atoms with van der Waals surface area (Å²) in [5.41, 5.74) is 0. The van der Waals surface area contributed by atoms with Crippen LogP contribution < -0.4 is 0 Å². The summed E-state index contributed by atoms with van der Waals surface area (Å²) < 4.78 is 22.1. The van der Waals surface area contributed by atoms with E-state index in [1.807, 2.05) is 4.90 Å². The summed E-state index contributed by atoms with van der Waals surface area (Å²) in [7, 11) is -1.95. The first-order chi connectivity index (χ1) is 7.92. The Bertz CT molecular complexity index is 354. The highest BCUT2D eigenvalue weighted by Crippen LogP contribution is 2.23. The lowest BCUT2D eigenvalue weighted by molar-refractivity contribution is -0.130. The number of hydrogen-bond donors (Lipinski definition) is 0. The Balaban J connectivity index is 2.29. The Morgan fingerprint density at radius 2 is 2.18 bits per heavy atom. The number of likely N-dealkylation sites (tertiary alicyclic amines) is 1. The summed E-state index contributed by atoms with van der Waals surface area (Å²) in [6, 6.07) is 0. The maximum absolute atomic E-state index is 11.8. The molecule has 1 aliphatic rings. The largest absolute Gasteiger partial charge is 0.342 e. The molecule has 1 saturated heterocycles. The molecule has 100 valence electrons. The number of carbonyl (C=O) groups excluding carboxylic acids is 1. The molecule has 0 aliphatic carbocycles. The summed E-state index contributed by atoms with van der Waals surface area (Å²) >= 11 is 0. The van der Waals surface area contributed by atoms with Crippen molar-refractivity contribution in [2.24, 2.45) is 5.92 Å². The summed E-state index contributed by atoms with van der Waals surface area (Å²) in [6.07, 6.45) is 4.77. The van der Waals surface area contributed by atoms with E-state index < -0.39 is 8.87 Å². The van der Waals surface area contributed by atoms with E-state index in [1.54, 1.807) is 0 Å². The van der Waals surface area contributed by atoms with Gasteiger partial charge in [0, 0.05) is 31.5 Å². The van der Waals surface area contributed by atoms with Crippen molar-refractivity contribution in [1.82, 2.24) is 4.90 Å². The van der Waals surface area contributed by atoms with Crippen molar-refractivity contribution in [3.05, 3.63) is 0 Å². The fourth-order valence-electron chi connectivity index (χ4n) is 1.90. The lowest BCUT2D eigenvalue weighted by atomic mass is 10.2. The second-order valence-corrected chi connectivity index (χ2v) is 9.09. The summed E-state index contributed by atoms with van der Waals surface area (Å²) in [4.78, 5) is 13.6. The fraction of sp³-hybridized carbons (Fsp3) is 0.909. The Kier molecular flexibility index (Phi) is 5.79. The fourth-order valence-corrected chi connectivity index (χ4v) is 3.93. The normalized spacial score (nSPS) is 20.8. The van der Waals surface area contributed by atoms with Gasteiger partial charge in [-0.3, -0.25) is 4.79 Å². The Morgan fingerprint density at radius 3 is 2.76 bits per heavy atom. The van der Waals surface area contributed by atoms with Crippen LogP contribution in [0.4, 0.5) is 0 Å². The van der Waals surface area contributed by atoms with Crippen LogP contribution in [0.2, 0.25) is 0 Å². The van der Waals surface area contributed by atoms with Crippen LogP contribution in [0, 0.1) is 5.92 Å². The quantitative estimate of drug-likeness (QED) is 0.695. The van der Waals surface area contributed by atoms with Crippen molar-refractivity contribution in [3.63, 3.8) is 0 Å². The van der Waals surface area contributed by atoms with E-state index in [2.05, 4.69) is 6.92 Å². The maximum atomic E-state index is 11.8. The molecule has 1 heterocycles. The highest BCUT2D eigenvalue weighted by Gasteiger charge is 2.26. The average Bonchev–Trinajstić information content (AvgIpc) is 2.70. The van der Waals surface area contributed by atoms with Gasteiger partial charge in [0.05, 0.1) is 0 Å². The summed E-state index contributed by atoms with van der Waals surface area (Å²) in [6.45, 7) is 3.59. The van der Waals surface area contributed by atoms with Gasteiger partial charge in [-0.05, 0) is 29.6 Å². The molecule has 1 fully saturated rings. The molecule has 0 radical (unpaired) electrons. The van der Waals surface area contributed by atoms with Gasteiger partial charge in [-0.2, -0.15) is 0 Å². The second-order valence-electron chi connectivity index (χ2n) is 4.59. The van der Waals surface area contributed by atoms with E-state index in [4.69, 9.17) is 0 Å². The van der Waals surface area contributed by atoms with Gasteiger partial charge >= 0.3 is 0 Å². The van der Waals surface area contributed by atoms with Crippen LogP contribution in [0.15, 0.2) is 0 Å². The van der Waals surface area contributed by atoms with Crippen molar-refractivity contribution >= 4 is 25.6 Å². The molecule has 4 nitrogen and oxygen atoms in total. The first-order valence-electron chi connectivity index (χ1n) is 6.04. The predicted molar refractivity (Wildman–Crippen MR) is 71.5 cm³/mol. The van der Waals surface area contributed by atoms with Gasteiger partial charge in [0.25, 0.3) is 0 Å². The molecule has 0 saturated carbocycles. The minimum Gasteiger partial charge on any atom is -0.342 e. The molecule has 1 amide bonds. The second kappa shape index (κ2) is 6.64. The average molecular weight is 279 g/mol. The van der Waals surface area contributed by atoms with E-state index in [-0.39, 0.29) is 5.91 Å². The van der Waals surface area contributed by atoms with Crippen molar-refractivity contribution in [1.29, 1.82) is 0 Å². The molecule has 0 aromatic rings. The molecule has 1 aliphatic heterocycles. The lowest BCUT2D eigenvalue weighted by Crippen LogP contribution is -2.28. The standard InChI is InChI=1S/C11H21NO3S2/c1-3-4-5-11(13)12-7-6-10(8-12)9-16-17(2,14)15/h10H,3-9H2,1-2H3. The molecule has 0 aromatic heterocycles. The van der Waals surface area contributed by atoms with Gasteiger partial charge in [-0.25, -0.2) is 8.42 Å². The van der Waals surface area contributed by atoms with Gasteiger partial charge in [0.2, 0.25) is 5.91 Å². The molecule has 0 aromatic carbocycles. The number of hydrogen-bond acceptors (Lipinski definition) is 4. The lowest BCUT2D eigenvalue weighted by Gasteiger charge is -2.16. The first-order valence-corrected chi connectivity index (χ1v) is 9.44. The summed E-state index contributed by atoms with van der Waals surface area (Å²) in [5, 5.41) is 0. The molecular weight excluding hydrogens is 258 g/mol. The highest BCUT2D eigenvalue weighted by atomic mass is 33.1. The molecule has 1 rings (SSSR count). The van der Waals surface area contributed by atoms with Crippen LogP contribution in [0.1, 0.15) is 32.6 Å². The van der Waals surface area contributed by atoms with Gasteiger partial charge in [0.15, 0.2) is 8.87 Å². The Labute approximate surface area is 107 Å². The van der Waals surface area contributed by atoms with E-state index in [0.717, 1.165) is 43.1 Å². The third kappa shape index (κ3) is 5.77. The SMILES string of the molecule is CCCCC(=O)N1CCC(CSS(C)(=O)=O)C1. The first kappa shape index (κ1) is 14.8. The Hall–Kier alpha value is -0.230. The number of amides is 1. The van der Waals surface area contributed by atoms with Gasteiger partial charge < -0.3 is 4.90 Å². The summed E-state index contributed by atoms with van der Waals surface area (Å²) in [5.74, 6) is 1.16. The van der Waals surface area contributed by atoms with Crippen LogP contribution >= 0.6 is 10.8 Å². The zero-order valence-electron chi connectivity index (χ0n) is 10.5. The van der Waals surface area contributed by atoms with Gasteiger partial charge in [-0.15, -0.1) is 0 Å². The molecule has 6 heteroatoms. The van der Waals surface area contributed by atoms with Gasteiger partial charge in [0.1, 0.15) is 0 Å². The predicted octanol–water partition coefficient (Wildman–Crippen LogP) is 1.72. The molecule has 0 N–H and O–H groups in total. The smallest absolute Gasteiger partial charge is 0.222 e. The van der Waals surface area contributed by atoms with Crippen molar-refractivity contribution in [2.75, 3.05) is 25.1 Å². The van der Waals surface area contributed by atoms with Crippen LogP contribution in [-0.2, 0) is 13.7 Å². The topological polar surface area (TPSA) is 54.5 Å². The zero-order valence-corrected chi connectivity index (χ0v) is 12.1. The minimum atomic E-state index is -2.95. The number of unbranched alkanes of at least 4 members (excludes halogenated alkanes) is 1. The van der Waals surface area contributed by atoms with Crippen LogP contribution in [0.3, 0.4) is 0 Å². The van der Waals surface area contributed by atoms with Crippen LogP contribution in [-0.4, -0.2) is 44.3 Å². The van der Waals surface area contributed by atoms with Crippen molar-refractivity contribution in [2.45, 2.75) is 32.6 Å². The Morgan fingerprint density at radius 1 is 1.47 bits per heavy atom. The van der Waals surface area contributed by atoms with E-state index in [1.165, 1.54) is 6.26 Å². The molecule has 1 unspecified atom stereocenters. The molecular formula is C11H21NO3S2. The van der Waals surface area contributed by atoms with E-state index in [0.29, 0.717) is 18.1 Å². The third-order valence-electron chi connectivity index (χ3n) is 2.90. The van der Waals surface area contributed by atoms with Crippen LogP contribution in [0.5, 0.6) is 0 Å². The number of rotatable bonds is 6. The highest BCUT2D eigenvalue weighted by molar-refractivity contribution is 8.71.